The average molecular weight is 316 g/mol. The number of rotatable bonds is 1. The van der Waals surface area contributed by atoms with Crippen LogP contribution in [0.5, 0.6) is 0 Å². The molecule has 5 rings (SSSR count). The molecule has 0 N–H and O–H groups in total. The second-order valence-corrected chi connectivity index (χ2v) is 6.49. The standard InChI is InChI=1S/C16H19.BrH.Mg/c1-2-4-15(5-3-1)16-9-12-6-13(10-16)8-14(7-12)11-16;;/h2-5,12-14H,6-11H2;1H;/q-1;;+2/p-1. The Balaban J connectivity index is 0.000000602. The van der Waals surface area contributed by atoms with E-state index in [1.54, 1.807) is 5.56 Å². The van der Waals surface area contributed by atoms with E-state index in [0.717, 1.165) is 17.8 Å². The first-order valence-electron chi connectivity index (χ1n) is 6.81. The third-order valence-corrected chi connectivity index (χ3v) is 5.37. The Hall–Kier alpha value is 0.466. The summed E-state index contributed by atoms with van der Waals surface area (Å²) in [6, 6.07) is 12.0. The average Bonchev–Trinajstić information content (AvgIpc) is 2.28. The summed E-state index contributed by atoms with van der Waals surface area (Å²) in [6.07, 6.45) is 9.05. The van der Waals surface area contributed by atoms with Gasteiger partial charge in [0.15, 0.2) is 0 Å². The maximum absolute atomic E-state index is 3.16. The van der Waals surface area contributed by atoms with Gasteiger partial charge < -0.3 is 17.0 Å². The molecule has 2 heteroatoms. The van der Waals surface area contributed by atoms with Gasteiger partial charge in [-0.1, -0.05) is 0 Å². The quantitative estimate of drug-likeness (QED) is 0.525. The minimum Gasteiger partial charge on any atom is -1.00 e. The van der Waals surface area contributed by atoms with Gasteiger partial charge in [-0.3, -0.25) is 0 Å². The molecule has 4 bridgehead atoms. The minimum atomic E-state index is 0. The SMILES string of the molecule is [Br-].[Mg+2].[c-]1ccc(C23CC4CC(CC(C4)C2)C3)cc1. The number of hydrogen-bond donors (Lipinski definition) is 0. The predicted molar refractivity (Wildman–Crippen MR) is 70.9 cm³/mol. The molecule has 1 aromatic carbocycles. The van der Waals surface area contributed by atoms with Crippen LogP contribution in [-0.4, -0.2) is 23.1 Å². The van der Waals surface area contributed by atoms with Gasteiger partial charge in [0, 0.05) is 0 Å². The second kappa shape index (κ2) is 5.45. The zero-order chi connectivity index (χ0) is 10.6. The normalized spacial score (nSPS) is 39.9. The van der Waals surface area contributed by atoms with Gasteiger partial charge in [0.05, 0.1) is 0 Å². The Morgan fingerprint density at radius 1 is 0.889 bits per heavy atom. The molecule has 0 atom stereocenters. The number of hydrogen-bond acceptors (Lipinski definition) is 0. The third-order valence-electron chi connectivity index (χ3n) is 5.37. The maximum Gasteiger partial charge on any atom is 2.00 e. The molecule has 0 saturated heterocycles. The largest absolute Gasteiger partial charge is 2.00 e. The number of halogens is 1. The molecule has 0 nitrogen and oxygen atoms in total. The second-order valence-electron chi connectivity index (χ2n) is 6.49. The van der Waals surface area contributed by atoms with Crippen molar-refractivity contribution in [2.75, 3.05) is 0 Å². The van der Waals surface area contributed by atoms with Gasteiger partial charge in [0.1, 0.15) is 0 Å². The molecule has 0 aromatic heterocycles. The molecule has 0 radical (unpaired) electrons. The molecule has 4 fully saturated rings. The van der Waals surface area contributed by atoms with Gasteiger partial charge in [-0.05, 0) is 61.7 Å². The molecule has 4 aliphatic carbocycles. The van der Waals surface area contributed by atoms with Gasteiger partial charge in [-0.15, -0.1) is 0 Å². The number of benzene rings is 1. The first-order valence-corrected chi connectivity index (χ1v) is 6.81. The van der Waals surface area contributed by atoms with E-state index < -0.39 is 0 Å². The monoisotopic (exact) mass is 314 g/mol. The molecular weight excluding hydrogens is 296 g/mol. The van der Waals surface area contributed by atoms with Gasteiger partial charge in [-0.2, -0.15) is 35.9 Å². The van der Waals surface area contributed by atoms with E-state index in [2.05, 4.69) is 30.3 Å². The summed E-state index contributed by atoms with van der Waals surface area (Å²) < 4.78 is 0. The molecule has 0 heterocycles. The van der Waals surface area contributed by atoms with Crippen LogP contribution in [0.15, 0.2) is 24.3 Å². The Morgan fingerprint density at radius 3 is 1.78 bits per heavy atom. The van der Waals surface area contributed by atoms with Crippen molar-refractivity contribution in [2.24, 2.45) is 17.8 Å². The van der Waals surface area contributed by atoms with E-state index >= 15 is 0 Å². The maximum atomic E-state index is 3.16. The summed E-state index contributed by atoms with van der Waals surface area (Å²) in [5.74, 6) is 3.15. The van der Waals surface area contributed by atoms with Crippen molar-refractivity contribution in [2.45, 2.75) is 43.9 Å². The minimum absolute atomic E-state index is 0. The fourth-order valence-corrected chi connectivity index (χ4v) is 5.20. The van der Waals surface area contributed by atoms with Crippen molar-refractivity contribution in [3.05, 3.63) is 35.9 Å². The molecular formula is C16H19BrMg. The molecule has 0 spiro atoms. The molecule has 4 aliphatic rings. The van der Waals surface area contributed by atoms with E-state index in [-0.39, 0.29) is 40.0 Å². The Labute approximate surface area is 137 Å². The third kappa shape index (κ3) is 2.29. The van der Waals surface area contributed by atoms with E-state index in [9.17, 15) is 0 Å². The molecule has 0 unspecified atom stereocenters. The molecule has 92 valence electrons. The smallest absolute Gasteiger partial charge is 1.00 e. The Kier molecular flexibility index (Phi) is 4.50. The summed E-state index contributed by atoms with van der Waals surface area (Å²) in [6.45, 7) is 0. The van der Waals surface area contributed by atoms with Crippen LogP contribution in [0.4, 0.5) is 0 Å². The summed E-state index contributed by atoms with van der Waals surface area (Å²) >= 11 is 0. The first-order chi connectivity index (χ1) is 7.84. The topological polar surface area (TPSA) is 0 Å². The van der Waals surface area contributed by atoms with Crippen molar-refractivity contribution in [1.82, 2.24) is 0 Å². The van der Waals surface area contributed by atoms with Crippen LogP contribution >= 0.6 is 0 Å². The summed E-state index contributed by atoms with van der Waals surface area (Å²) in [4.78, 5) is 0. The van der Waals surface area contributed by atoms with Crippen molar-refractivity contribution in [3.63, 3.8) is 0 Å². The zero-order valence-electron chi connectivity index (χ0n) is 10.9. The van der Waals surface area contributed by atoms with Crippen LogP contribution < -0.4 is 17.0 Å². The van der Waals surface area contributed by atoms with E-state index in [1.807, 2.05) is 0 Å². The summed E-state index contributed by atoms with van der Waals surface area (Å²) in [5, 5.41) is 0. The van der Waals surface area contributed by atoms with Crippen LogP contribution in [0, 0.1) is 23.8 Å². The molecule has 0 amide bonds. The van der Waals surface area contributed by atoms with Gasteiger partial charge in [0.2, 0.25) is 0 Å². The van der Waals surface area contributed by atoms with E-state index in [0.29, 0.717) is 5.41 Å². The van der Waals surface area contributed by atoms with Crippen molar-refractivity contribution in [3.8, 4) is 0 Å². The molecule has 4 saturated carbocycles. The first kappa shape index (κ1) is 14.9. The summed E-state index contributed by atoms with van der Waals surface area (Å²) in [7, 11) is 0. The zero-order valence-corrected chi connectivity index (χ0v) is 13.9. The molecule has 1 aromatic rings. The van der Waals surface area contributed by atoms with Crippen LogP contribution in [0.2, 0.25) is 0 Å². The summed E-state index contributed by atoms with van der Waals surface area (Å²) in [5.41, 5.74) is 2.19. The van der Waals surface area contributed by atoms with Crippen LogP contribution in [0.3, 0.4) is 0 Å². The molecule has 18 heavy (non-hydrogen) atoms. The van der Waals surface area contributed by atoms with Crippen molar-refractivity contribution in [1.29, 1.82) is 0 Å². The van der Waals surface area contributed by atoms with Gasteiger partial charge in [0.25, 0.3) is 0 Å². The molecule has 0 aliphatic heterocycles. The Bertz CT molecular complexity index is 366. The Morgan fingerprint density at radius 2 is 1.33 bits per heavy atom. The van der Waals surface area contributed by atoms with Gasteiger partial charge >= 0.3 is 23.1 Å². The van der Waals surface area contributed by atoms with Crippen LogP contribution in [-0.2, 0) is 5.41 Å². The fraction of sp³-hybridized carbons (Fsp3) is 0.625. The van der Waals surface area contributed by atoms with Crippen molar-refractivity contribution < 1.29 is 17.0 Å². The van der Waals surface area contributed by atoms with Gasteiger partial charge in [-0.25, -0.2) is 0 Å². The fourth-order valence-electron chi connectivity index (χ4n) is 5.20. The van der Waals surface area contributed by atoms with E-state index in [1.165, 1.54) is 38.5 Å². The van der Waals surface area contributed by atoms with Crippen LogP contribution in [0.25, 0.3) is 0 Å². The van der Waals surface area contributed by atoms with Crippen LogP contribution in [0.1, 0.15) is 44.1 Å². The van der Waals surface area contributed by atoms with Crippen molar-refractivity contribution >= 4 is 23.1 Å². The van der Waals surface area contributed by atoms with E-state index in [4.69, 9.17) is 0 Å². The predicted octanol–water partition coefficient (Wildman–Crippen LogP) is 0.578.